The minimum Gasteiger partial charge on any atom is -0.462 e. The topological polar surface area (TPSA) is 60.4 Å². The van der Waals surface area contributed by atoms with Crippen molar-refractivity contribution in [3.8, 4) is 0 Å². The first kappa shape index (κ1) is 17.1. The lowest BCUT2D eigenvalue weighted by Crippen LogP contribution is -2.05. The molecule has 0 N–H and O–H groups in total. The maximum absolute atomic E-state index is 12.0. The lowest BCUT2D eigenvalue weighted by Gasteiger charge is -2.05. The van der Waals surface area contributed by atoms with Gasteiger partial charge in [0.15, 0.2) is 0 Å². The number of rotatable bonds is 8. The van der Waals surface area contributed by atoms with Gasteiger partial charge in [0.25, 0.3) is 0 Å². The Morgan fingerprint density at radius 2 is 1.86 bits per heavy atom. The van der Waals surface area contributed by atoms with Gasteiger partial charge in [0.2, 0.25) is 8.87 Å². The van der Waals surface area contributed by atoms with E-state index in [1.54, 1.807) is 42.5 Å². The molecule has 0 fully saturated rings. The Labute approximate surface area is 137 Å². The molecule has 7 heteroatoms. The maximum atomic E-state index is 12.0. The molecule has 0 atom stereocenters. The van der Waals surface area contributed by atoms with Crippen molar-refractivity contribution in [2.45, 2.75) is 17.7 Å². The summed E-state index contributed by atoms with van der Waals surface area (Å²) < 4.78 is 29.1. The highest BCUT2D eigenvalue weighted by Crippen LogP contribution is 2.23. The van der Waals surface area contributed by atoms with Gasteiger partial charge < -0.3 is 4.74 Å². The molecule has 22 heavy (non-hydrogen) atoms. The highest BCUT2D eigenvalue weighted by Gasteiger charge is 2.14. The summed E-state index contributed by atoms with van der Waals surface area (Å²) in [6.45, 7) is 0.308. The van der Waals surface area contributed by atoms with E-state index in [1.807, 2.05) is 5.38 Å². The number of esters is 1. The summed E-state index contributed by atoms with van der Waals surface area (Å²) in [4.78, 5) is 12.5. The van der Waals surface area contributed by atoms with E-state index in [0.29, 0.717) is 35.0 Å². The fourth-order valence-electron chi connectivity index (χ4n) is 1.66. The molecule has 2 rings (SSSR count). The van der Waals surface area contributed by atoms with Gasteiger partial charge in [0, 0.05) is 5.75 Å². The van der Waals surface area contributed by atoms with Gasteiger partial charge in [0.05, 0.1) is 11.5 Å². The number of hydrogen-bond donors (Lipinski definition) is 0. The van der Waals surface area contributed by atoms with E-state index in [2.05, 4.69) is 0 Å². The normalized spacial score (nSPS) is 11.3. The quantitative estimate of drug-likeness (QED) is 0.409. The molecule has 0 bridgehead atoms. The number of hydrogen-bond acceptors (Lipinski definition) is 6. The predicted molar refractivity (Wildman–Crippen MR) is 89.9 cm³/mol. The van der Waals surface area contributed by atoms with Gasteiger partial charge in [-0.25, -0.2) is 13.2 Å². The second-order valence-electron chi connectivity index (χ2n) is 4.41. The van der Waals surface area contributed by atoms with E-state index in [4.69, 9.17) is 4.74 Å². The molecular formula is C15H16O4S3. The van der Waals surface area contributed by atoms with Crippen LogP contribution in [0.25, 0.3) is 0 Å². The second-order valence-corrected chi connectivity index (χ2v) is 9.40. The van der Waals surface area contributed by atoms with Crippen molar-refractivity contribution in [2.24, 2.45) is 0 Å². The third-order valence-electron chi connectivity index (χ3n) is 2.76. The van der Waals surface area contributed by atoms with Gasteiger partial charge in [-0.2, -0.15) is 0 Å². The van der Waals surface area contributed by atoms with Gasteiger partial charge >= 0.3 is 5.97 Å². The molecule has 1 heterocycles. The largest absolute Gasteiger partial charge is 0.462 e. The van der Waals surface area contributed by atoms with Crippen LogP contribution >= 0.6 is 22.1 Å². The van der Waals surface area contributed by atoms with Crippen molar-refractivity contribution in [3.05, 3.63) is 52.7 Å². The third-order valence-corrected chi connectivity index (χ3v) is 7.24. The first-order valence-corrected chi connectivity index (χ1v) is 10.6. The molecule has 1 aromatic carbocycles. The number of carbonyl (C=O) groups excluding carboxylic acids is 1. The van der Waals surface area contributed by atoms with Crippen LogP contribution in [0.15, 0.2) is 52.7 Å². The van der Waals surface area contributed by atoms with Gasteiger partial charge in [-0.15, -0.1) is 11.3 Å². The summed E-state index contributed by atoms with van der Waals surface area (Å²) in [5, 5.41) is 1.82. The van der Waals surface area contributed by atoms with E-state index < -0.39 is 8.87 Å². The summed E-state index contributed by atoms with van der Waals surface area (Å²) in [5.41, 5.74) is 0. The molecule has 2 aromatic rings. The SMILES string of the molecule is O=C(OCCCCSS(=O)(=O)c1ccccc1)c1cccs1. The Morgan fingerprint density at radius 1 is 1.09 bits per heavy atom. The average molecular weight is 356 g/mol. The zero-order valence-electron chi connectivity index (χ0n) is 11.8. The molecule has 0 unspecified atom stereocenters. The molecule has 118 valence electrons. The fraction of sp³-hybridized carbons (Fsp3) is 0.267. The molecule has 0 aliphatic carbocycles. The number of unbranched alkanes of at least 4 members (excludes halogenated alkanes) is 1. The van der Waals surface area contributed by atoms with Crippen molar-refractivity contribution >= 4 is 37.0 Å². The molecule has 0 radical (unpaired) electrons. The van der Waals surface area contributed by atoms with E-state index in [0.717, 1.165) is 10.8 Å². The van der Waals surface area contributed by atoms with Crippen LogP contribution in [-0.4, -0.2) is 26.7 Å². The summed E-state index contributed by atoms with van der Waals surface area (Å²) in [6, 6.07) is 11.9. The Hall–Kier alpha value is -1.31. The van der Waals surface area contributed by atoms with Crippen molar-refractivity contribution in [3.63, 3.8) is 0 Å². The van der Waals surface area contributed by atoms with Crippen molar-refractivity contribution in [1.82, 2.24) is 0 Å². The van der Waals surface area contributed by atoms with E-state index in [9.17, 15) is 13.2 Å². The first-order valence-electron chi connectivity index (χ1n) is 6.75. The van der Waals surface area contributed by atoms with Crippen LogP contribution < -0.4 is 0 Å². The lowest BCUT2D eigenvalue weighted by molar-refractivity contribution is 0.0506. The second kappa shape index (κ2) is 8.36. The first-order chi connectivity index (χ1) is 10.6. The average Bonchev–Trinajstić information content (AvgIpc) is 3.06. The molecule has 0 amide bonds. The number of carbonyl (C=O) groups is 1. The van der Waals surface area contributed by atoms with Gasteiger partial charge in [0.1, 0.15) is 4.88 Å². The van der Waals surface area contributed by atoms with Crippen LogP contribution in [0, 0.1) is 0 Å². The van der Waals surface area contributed by atoms with Crippen LogP contribution in [0.2, 0.25) is 0 Å². The summed E-state index contributed by atoms with van der Waals surface area (Å²) in [5.74, 6) is 0.160. The fourth-order valence-corrected chi connectivity index (χ4v) is 5.20. The minimum absolute atomic E-state index is 0.308. The molecular weight excluding hydrogens is 340 g/mol. The van der Waals surface area contributed by atoms with Crippen LogP contribution in [-0.2, 0) is 13.6 Å². The third kappa shape index (κ3) is 5.15. The monoisotopic (exact) mass is 356 g/mol. The summed E-state index contributed by atoms with van der Waals surface area (Å²) in [6.07, 6.45) is 1.32. The summed E-state index contributed by atoms with van der Waals surface area (Å²) >= 11 is 1.34. The minimum atomic E-state index is -3.29. The summed E-state index contributed by atoms with van der Waals surface area (Å²) in [7, 11) is -2.37. The maximum Gasteiger partial charge on any atom is 0.348 e. The molecule has 0 aliphatic rings. The van der Waals surface area contributed by atoms with Crippen LogP contribution in [0.1, 0.15) is 22.5 Å². The molecule has 0 aliphatic heterocycles. The van der Waals surface area contributed by atoms with E-state index in [1.165, 1.54) is 11.3 Å². The van der Waals surface area contributed by atoms with Crippen LogP contribution in [0.5, 0.6) is 0 Å². The van der Waals surface area contributed by atoms with Crippen LogP contribution in [0.4, 0.5) is 0 Å². The van der Waals surface area contributed by atoms with Gasteiger partial charge in [-0.3, -0.25) is 0 Å². The zero-order chi connectivity index (χ0) is 15.8. The van der Waals surface area contributed by atoms with Crippen LogP contribution in [0.3, 0.4) is 0 Å². The lowest BCUT2D eigenvalue weighted by atomic mass is 10.3. The highest BCUT2D eigenvalue weighted by molar-refractivity contribution is 8.72. The van der Waals surface area contributed by atoms with Crippen molar-refractivity contribution in [1.29, 1.82) is 0 Å². The van der Waals surface area contributed by atoms with E-state index >= 15 is 0 Å². The molecule has 1 aromatic heterocycles. The molecule has 0 spiro atoms. The van der Waals surface area contributed by atoms with E-state index in [-0.39, 0.29) is 5.97 Å². The molecule has 0 saturated carbocycles. The molecule has 0 saturated heterocycles. The Bertz CT molecular complexity index is 679. The van der Waals surface area contributed by atoms with Gasteiger partial charge in [-0.05, 0) is 47.2 Å². The number of benzene rings is 1. The van der Waals surface area contributed by atoms with Crippen molar-refractivity contribution in [2.75, 3.05) is 12.4 Å². The smallest absolute Gasteiger partial charge is 0.348 e. The standard InChI is InChI=1S/C15H16O4S3/c16-15(14-9-6-11-20-14)19-10-4-5-12-21-22(17,18)13-7-2-1-3-8-13/h1-3,6-9,11H,4-5,10,12H2. The Kier molecular flexibility index (Phi) is 6.48. The predicted octanol–water partition coefficient (Wildman–Crippen LogP) is 3.81. The van der Waals surface area contributed by atoms with Crippen molar-refractivity contribution < 1.29 is 17.9 Å². The Morgan fingerprint density at radius 3 is 2.55 bits per heavy atom. The zero-order valence-corrected chi connectivity index (χ0v) is 14.3. The number of thiophene rings is 1. The number of ether oxygens (including phenoxy) is 1. The Balaban J connectivity index is 1.64. The van der Waals surface area contributed by atoms with Gasteiger partial charge in [-0.1, -0.05) is 24.3 Å². The highest BCUT2D eigenvalue weighted by atomic mass is 33.1. The molecule has 4 nitrogen and oxygen atoms in total.